The molecule has 0 bridgehead atoms. The molecule has 0 aliphatic carbocycles. The molecular formula is C21H17F4N2O6P. The molecule has 3 N–H and O–H groups in total. The first-order valence-electron chi connectivity index (χ1n) is 9.42. The van der Waals surface area contributed by atoms with Crippen molar-refractivity contribution in [2.75, 3.05) is 5.32 Å². The zero-order valence-corrected chi connectivity index (χ0v) is 18.2. The number of nitrogens with zero attached hydrogens (tertiary/aromatic N) is 1. The number of aromatic nitrogens is 1. The molecule has 0 spiro atoms. The van der Waals surface area contributed by atoms with Crippen LogP contribution < -0.4 is 15.6 Å². The van der Waals surface area contributed by atoms with Crippen LogP contribution in [0.15, 0.2) is 59.5 Å². The van der Waals surface area contributed by atoms with Crippen molar-refractivity contribution in [2.24, 2.45) is 0 Å². The number of hydrogen-bond acceptors (Lipinski definition) is 6. The van der Waals surface area contributed by atoms with E-state index in [2.05, 4.69) is 9.84 Å². The lowest BCUT2D eigenvalue weighted by Crippen LogP contribution is -2.21. The molecule has 0 fully saturated rings. The third-order valence-corrected chi connectivity index (χ3v) is 4.82. The number of ether oxygens (including phenoxy) is 1. The zero-order valence-electron chi connectivity index (χ0n) is 17.3. The van der Waals surface area contributed by atoms with E-state index >= 15 is 0 Å². The van der Waals surface area contributed by atoms with E-state index in [4.69, 9.17) is 14.5 Å². The molecule has 1 aromatic heterocycles. The van der Waals surface area contributed by atoms with Gasteiger partial charge in [-0.3, -0.25) is 18.7 Å². The minimum absolute atomic E-state index is 0.0188. The molecule has 3 rings (SSSR count). The first-order valence-corrected chi connectivity index (χ1v) is 10.6. The summed E-state index contributed by atoms with van der Waals surface area (Å²) in [5, 5.41) is 2.39. The molecule has 34 heavy (non-hydrogen) atoms. The Morgan fingerprint density at radius 3 is 2.44 bits per heavy atom. The molecule has 0 unspecified atom stereocenters. The van der Waals surface area contributed by atoms with Gasteiger partial charge in [-0.25, -0.2) is 4.39 Å². The van der Waals surface area contributed by atoms with Crippen molar-refractivity contribution >= 4 is 20.2 Å². The van der Waals surface area contributed by atoms with Crippen LogP contribution in [0.4, 0.5) is 23.2 Å². The smallest absolute Gasteiger partial charge is 0.416 e. The Bertz CT molecular complexity index is 1260. The maximum absolute atomic E-state index is 13.4. The highest BCUT2D eigenvalue weighted by Gasteiger charge is 2.32. The topological polar surface area (TPSA) is 110 Å². The third-order valence-electron chi connectivity index (χ3n) is 4.48. The van der Waals surface area contributed by atoms with Crippen molar-refractivity contribution < 1.29 is 41.4 Å². The summed E-state index contributed by atoms with van der Waals surface area (Å²) < 4.78 is 64.1. The van der Waals surface area contributed by atoms with Crippen LogP contribution in [0.1, 0.15) is 21.5 Å². The average molecular weight is 500 g/mol. The van der Waals surface area contributed by atoms with E-state index in [1.54, 1.807) is 0 Å². The Labute approximate surface area is 191 Å². The number of hydrogen-bond donors (Lipinski definition) is 3. The van der Waals surface area contributed by atoms with Gasteiger partial charge in [-0.2, -0.15) is 13.2 Å². The van der Waals surface area contributed by atoms with Gasteiger partial charge < -0.3 is 19.8 Å². The van der Waals surface area contributed by atoms with Crippen LogP contribution >= 0.6 is 8.60 Å². The third kappa shape index (κ3) is 6.39. The maximum atomic E-state index is 13.4. The van der Waals surface area contributed by atoms with Crippen molar-refractivity contribution in [2.45, 2.75) is 19.8 Å². The van der Waals surface area contributed by atoms with Crippen LogP contribution in [0.5, 0.6) is 11.5 Å². The Balaban J connectivity index is 1.91. The molecule has 0 aliphatic heterocycles. The van der Waals surface area contributed by atoms with E-state index in [1.165, 1.54) is 25.3 Å². The Morgan fingerprint density at radius 1 is 1.09 bits per heavy atom. The minimum atomic E-state index is -4.71. The largest absolute Gasteiger partial charge is 0.456 e. The molecule has 13 heteroatoms. The van der Waals surface area contributed by atoms with E-state index in [0.717, 1.165) is 28.8 Å². The van der Waals surface area contributed by atoms with E-state index in [0.29, 0.717) is 17.7 Å². The van der Waals surface area contributed by atoms with E-state index < -0.39 is 50.1 Å². The molecule has 0 aliphatic rings. The van der Waals surface area contributed by atoms with E-state index in [9.17, 15) is 27.2 Å². The number of carbonyl (C=O) groups is 1. The Hall–Kier alpha value is -3.31. The van der Waals surface area contributed by atoms with Crippen LogP contribution in [0, 0.1) is 12.7 Å². The van der Waals surface area contributed by atoms with Gasteiger partial charge in [-0.05, 0) is 55.0 Å². The summed E-state index contributed by atoms with van der Waals surface area (Å²) >= 11 is 0. The summed E-state index contributed by atoms with van der Waals surface area (Å²) in [6.45, 7) is 1.04. The Kier molecular flexibility index (Phi) is 7.68. The highest BCUT2D eigenvalue weighted by atomic mass is 31.2. The fourth-order valence-electron chi connectivity index (χ4n) is 2.82. The summed E-state index contributed by atoms with van der Waals surface area (Å²) in [6.07, 6.45) is -3.50. The van der Waals surface area contributed by atoms with Gasteiger partial charge in [0.2, 0.25) is 0 Å². The predicted molar refractivity (Wildman–Crippen MR) is 114 cm³/mol. The molecular weight excluding hydrogens is 483 g/mol. The summed E-state index contributed by atoms with van der Waals surface area (Å²) in [5.41, 5.74) is -1.67. The standard InChI is InChI=1S/C21H17F4N2O6P/c1-12-8-14(22)3-5-17(12)33-18-9-13(21(23,24)25)2-4-16(18)20(29)26-15-6-7-27(19(28)10-15)11-32-34(30)31/h2-10,30-31H,11H2,1H3,(H,26,29). The molecule has 0 saturated heterocycles. The minimum Gasteiger partial charge on any atom is -0.456 e. The Morgan fingerprint density at radius 2 is 1.82 bits per heavy atom. The lowest BCUT2D eigenvalue weighted by Gasteiger charge is -2.16. The molecule has 0 radical (unpaired) electrons. The van der Waals surface area contributed by atoms with Crippen LogP contribution in [-0.2, 0) is 17.4 Å². The van der Waals surface area contributed by atoms with Gasteiger partial charge in [-0.15, -0.1) is 0 Å². The molecule has 0 saturated carbocycles. The summed E-state index contributed by atoms with van der Waals surface area (Å²) in [4.78, 5) is 42.4. The first-order chi connectivity index (χ1) is 15.9. The van der Waals surface area contributed by atoms with E-state index in [-0.39, 0.29) is 17.0 Å². The molecule has 0 atom stereocenters. The van der Waals surface area contributed by atoms with Crippen molar-refractivity contribution in [3.63, 3.8) is 0 Å². The molecule has 1 amide bonds. The molecule has 180 valence electrons. The van der Waals surface area contributed by atoms with E-state index in [1.807, 2.05) is 0 Å². The zero-order chi connectivity index (χ0) is 25.0. The van der Waals surface area contributed by atoms with Crippen molar-refractivity contribution in [1.82, 2.24) is 4.57 Å². The highest BCUT2D eigenvalue weighted by Crippen LogP contribution is 2.36. The number of pyridine rings is 1. The lowest BCUT2D eigenvalue weighted by molar-refractivity contribution is -0.137. The number of aryl methyl sites for hydroxylation is 1. The number of anilines is 1. The van der Waals surface area contributed by atoms with Crippen LogP contribution in [-0.4, -0.2) is 20.3 Å². The first kappa shape index (κ1) is 25.3. The lowest BCUT2D eigenvalue weighted by atomic mass is 10.1. The summed E-state index contributed by atoms with van der Waals surface area (Å²) in [5.74, 6) is -1.82. The second kappa shape index (κ2) is 10.3. The average Bonchev–Trinajstić information content (AvgIpc) is 2.74. The number of benzene rings is 2. The molecule has 3 aromatic rings. The van der Waals surface area contributed by atoms with Gasteiger partial charge in [0, 0.05) is 18.0 Å². The van der Waals surface area contributed by atoms with Crippen LogP contribution in [0.3, 0.4) is 0 Å². The fraction of sp³-hybridized carbons (Fsp3) is 0.143. The van der Waals surface area contributed by atoms with Gasteiger partial charge in [0.05, 0.1) is 11.1 Å². The number of amides is 1. The van der Waals surface area contributed by atoms with Crippen molar-refractivity contribution in [3.05, 3.63) is 87.6 Å². The second-order valence-electron chi connectivity index (χ2n) is 6.91. The van der Waals surface area contributed by atoms with Gasteiger partial charge in [-0.1, -0.05) is 0 Å². The van der Waals surface area contributed by atoms with Crippen molar-refractivity contribution in [3.8, 4) is 11.5 Å². The van der Waals surface area contributed by atoms with Crippen LogP contribution in [0.25, 0.3) is 0 Å². The summed E-state index contributed by atoms with van der Waals surface area (Å²) in [7, 11) is -2.67. The quantitative estimate of drug-likeness (QED) is 0.325. The van der Waals surface area contributed by atoms with Gasteiger partial charge in [0.1, 0.15) is 24.0 Å². The number of carbonyl (C=O) groups excluding carboxylic acids is 1. The number of alkyl halides is 3. The highest BCUT2D eigenvalue weighted by molar-refractivity contribution is 7.39. The fourth-order valence-corrected chi connectivity index (χ4v) is 3.05. The molecule has 1 heterocycles. The molecule has 8 nitrogen and oxygen atoms in total. The SMILES string of the molecule is Cc1cc(F)ccc1Oc1cc(C(F)(F)F)ccc1C(=O)Nc1ccn(COP(O)O)c(=O)c1. The number of halogens is 4. The number of nitrogens with one attached hydrogen (secondary N) is 1. The summed E-state index contributed by atoms with van der Waals surface area (Å²) in [6, 6.07) is 7.99. The van der Waals surface area contributed by atoms with Gasteiger partial charge >= 0.3 is 14.8 Å². The molecule has 2 aromatic carbocycles. The predicted octanol–water partition coefficient (Wildman–Crippen LogP) is 4.54. The second-order valence-corrected chi connectivity index (χ2v) is 7.67. The monoisotopic (exact) mass is 500 g/mol. The van der Waals surface area contributed by atoms with Gasteiger partial charge in [0.15, 0.2) is 0 Å². The van der Waals surface area contributed by atoms with Crippen LogP contribution in [0.2, 0.25) is 0 Å². The normalized spacial score (nSPS) is 11.5. The number of rotatable bonds is 7. The van der Waals surface area contributed by atoms with Crippen molar-refractivity contribution in [1.29, 1.82) is 0 Å². The van der Waals surface area contributed by atoms with Gasteiger partial charge in [0.25, 0.3) is 11.5 Å². The maximum Gasteiger partial charge on any atom is 0.416 e.